The van der Waals surface area contributed by atoms with E-state index in [9.17, 15) is 18.0 Å². The van der Waals surface area contributed by atoms with E-state index in [2.05, 4.69) is 14.7 Å². The molecule has 0 saturated heterocycles. The molecule has 0 fully saturated rings. The Morgan fingerprint density at radius 2 is 1.93 bits per heavy atom. The molecule has 0 saturated carbocycles. The quantitative estimate of drug-likeness (QED) is 0.644. The van der Waals surface area contributed by atoms with Gasteiger partial charge in [0.1, 0.15) is 0 Å². The van der Waals surface area contributed by atoms with E-state index in [1.165, 1.54) is 31.3 Å². The first-order chi connectivity index (χ1) is 12.8. The number of ether oxygens (including phenoxy) is 1. The number of carbonyl (C=O) groups excluding carboxylic acids is 1. The maximum Gasteiger partial charge on any atom is 0.338 e. The molecule has 0 bridgehead atoms. The van der Waals surface area contributed by atoms with E-state index >= 15 is 0 Å². The molecule has 0 aliphatic heterocycles. The van der Waals surface area contributed by atoms with Gasteiger partial charge in [0.2, 0.25) is 10.0 Å². The summed E-state index contributed by atoms with van der Waals surface area (Å²) in [7, 11) is -2.40. The summed E-state index contributed by atoms with van der Waals surface area (Å²) < 4.78 is 31.3. The molecular weight excluding hydrogens is 370 g/mol. The lowest BCUT2D eigenvalue weighted by Crippen LogP contribution is -2.20. The zero-order valence-corrected chi connectivity index (χ0v) is 15.4. The summed E-state index contributed by atoms with van der Waals surface area (Å²) >= 11 is 0. The number of rotatable bonds is 5. The van der Waals surface area contributed by atoms with Gasteiger partial charge in [0.05, 0.1) is 21.4 Å². The molecule has 8 nitrogen and oxygen atoms in total. The molecule has 1 unspecified atom stereocenters. The Labute approximate surface area is 155 Å². The van der Waals surface area contributed by atoms with Crippen LogP contribution >= 0.6 is 0 Å². The highest BCUT2D eigenvalue weighted by molar-refractivity contribution is 7.89. The molecular formula is C18H17N3O5S. The molecule has 3 aromatic rings. The number of fused-ring (bicyclic) bond motifs is 1. The largest absolute Gasteiger partial charge is 0.451 e. The lowest BCUT2D eigenvalue weighted by molar-refractivity contribution is 0.0319. The predicted octanol–water partition coefficient (Wildman–Crippen LogP) is 1.75. The first-order valence-electron chi connectivity index (χ1n) is 8.05. The minimum Gasteiger partial charge on any atom is -0.451 e. The van der Waals surface area contributed by atoms with Crippen molar-refractivity contribution < 1.29 is 17.9 Å². The standard InChI is InChI=1S/C18H17N3O5S/c1-11(16-20-15-9-4-3-8-14(15)17(22)21-16)26-18(23)12-6-5-7-13(10-12)27(24,25)19-2/h3-11,19H,1-2H3,(H,20,21,22). The van der Waals surface area contributed by atoms with E-state index in [-0.39, 0.29) is 21.8 Å². The second-order valence-electron chi connectivity index (χ2n) is 5.75. The molecule has 3 rings (SSSR count). The van der Waals surface area contributed by atoms with Crippen molar-refractivity contribution in [1.29, 1.82) is 0 Å². The normalized spacial score (nSPS) is 12.7. The zero-order chi connectivity index (χ0) is 19.6. The number of sulfonamides is 1. The predicted molar refractivity (Wildman–Crippen MR) is 98.9 cm³/mol. The molecule has 0 spiro atoms. The monoisotopic (exact) mass is 387 g/mol. The molecule has 2 aromatic carbocycles. The number of nitrogens with zero attached hydrogens (tertiary/aromatic N) is 1. The van der Waals surface area contributed by atoms with Gasteiger partial charge in [-0.1, -0.05) is 18.2 Å². The van der Waals surface area contributed by atoms with Crippen LogP contribution in [0.1, 0.15) is 29.2 Å². The van der Waals surface area contributed by atoms with Gasteiger partial charge in [-0.25, -0.2) is 22.9 Å². The van der Waals surface area contributed by atoms with E-state index in [4.69, 9.17) is 4.74 Å². The molecule has 140 valence electrons. The average molecular weight is 387 g/mol. The van der Waals surface area contributed by atoms with Crippen LogP contribution in [0, 0.1) is 0 Å². The molecule has 27 heavy (non-hydrogen) atoms. The number of aromatic nitrogens is 2. The highest BCUT2D eigenvalue weighted by atomic mass is 32.2. The van der Waals surface area contributed by atoms with Gasteiger partial charge in [-0.05, 0) is 44.3 Å². The molecule has 9 heteroatoms. The van der Waals surface area contributed by atoms with Crippen LogP contribution < -0.4 is 10.3 Å². The number of nitrogens with one attached hydrogen (secondary N) is 2. The number of aromatic amines is 1. The van der Waals surface area contributed by atoms with Crippen LogP contribution in [0.15, 0.2) is 58.2 Å². The molecule has 0 aliphatic carbocycles. The van der Waals surface area contributed by atoms with Crippen molar-refractivity contribution in [3.8, 4) is 0 Å². The van der Waals surface area contributed by atoms with Crippen molar-refractivity contribution in [3.05, 3.63) is 70.3 Å². The van der Waals surface area contributed by atoms with E-state index in [1.54, 1.807) is 31.2 Å². The van der Waals surface area contributed by atoms with Gasteiger partial charge in [0, 0.05) is 0 Å². The third-order valence-corrected chi connectivity index (χ3v) is 5.36. The van der Waals surface area contributed by atoms with Crippen LogP contribution in [0.4, 0.5) is 0 Å². The van der Waals surface area contributed by atoms with Gasteiger partial charge in [-0.15, -0.1) is 0 Å². The number of carbonyl (C=O) groups is 1. The fourth-order valence-corrected chi connectivity index (χ4v) is 3.27. The van der Waals surface area contributed by atoms with Crippen molar-refractivity contribution in [2.45, 2.75) is 17.9 Å². The number of esters is 1. The summed E-state index contributed by atoms with van der Waals surface area (Å²) in [6.45, 7) is 1.57. The highest BCUT2D eigenvalue weighted by Crippen LogP contribution is 2.18. The van der Waals surface area contributed by atoms with Crippen molar-refractivity contribution in [1.82, 2.24) is 14.7 Å². The van der Waals surface area contributed by atoms with Gasteiger partial charge in [0.25, 0.3) is 5.56 Å². The summed E-state index contributed by atoms with van der Waals surface area (Å²) in [6, 6.07) is 12.3. The number of para-hydroxylation sites is 1. The number of benzene rings is 2. The van der Waals surface area contributed by atoms with E-state index in [0.717, 1.165) is 0 Å². The average Bonchev–Trinajstić information content (AvgIpc) is 2.68. The third kappa shape index (κ3) is 3.88. The Kier molecular flexibility index (Phi) is 5.06. The van der Waals surface area contributed by atoms with Crippen LogP contribution in [0.3, 0.4) is 0 Å². The smallest absolute Gasteiger partial charge is 0.338 e. The SMILES string of the molecule is CNS(=O)(=O)c1cccc(C(=O)OC(C)c2nc3ccccc3c(=O)[nH]2)c1. The molecule has 0 amide bonds. The van der Waals surface area contributed by atoms with Gasteiger partial charge >= 0.3 is 5.97 Å². The molecule has 0 radical (unpaired) electrons. The summed E-state index contributed by atoms with van der Waals surface area (Å²) in [4.78, 5) is 31.4. The fourth-order valence-electron chi connectivity index (χ4n) is 2.49. The number of H-pyrrole nitrogens is 1. The summed E-state index contributed by atoms with van der Waals surface area (Å²) in [5.74, 6) is -0.530. The minimum absolute atomic E-state index is 0.0515. The third-order valence-electron chi connectivity index (χ3n) is 3.95. The Morgan fingerprint density at radius 1 is 1.19 bits per heavy atom. The molecule has 0 aliphatic rings. The Morgan fingerprint density at radius 3 is 2.67 bits per heavy atom. The zero-order valence-electron chi connectivity index (χ0n) is 14.6. The van der Waals surface area contributed by atoms with Crippen LogP contribution in [-0.2, 0) is 14.8 Å². The van der Waals surface area contributed by atoms with Crippen LogP contribution in [-0.4, -0.2) is 31.4 Å². The van der Waals surface area contributed by atoms with Gasteiger partial charge in [0.15, 0.2) is 11.9 Å². The maximum absolute atomic E-state index is 12.4. The van der Waals surface area contributed by atoms with Gasteiger partial charge in [-0.3, -0.25) is 4.79 Å². The summed E-state index contributed by atoms with van der Waals surface area (Å²) in [5, 5.41) is 0.435. The lowest BCUT2D eigenvalue weighted by Gasteiger charge is -2.13. The highest BCUT2D eigenvalue weighted by Gasteiger charge is 2.19. The summed E-state index contributed by atoms with van der Waals surface area (Å²) in [5.41, 5.74) is 0.225. The van der Waals surface area contributed by atoms with Crippen LogP contribution in [0.2, 0.25) is 0 Å². The second-order valence-corrected chi connectivity index (χ2v) is 7.64. The van der Waals surface area contributed by atoms with Crippen LogP contribution in [0.25, 0.3) is 10.9 Å². The Hall–Kier alpha value is -3.04. The van der Waals surface area contributed by atoms with E-state index < -0.39 is 22.1 Å². The van der Waals surface area contributed by atoms with Crippen molar-refractivity contribution >= 4 is 26.9 Å². The van der Waals surface area contributed by atoms with Crippen LogP contribution in [0.5, 0.6) is 0 Å². The summed E-state index contributed by atoms with van der Waals surface area (Å²) in [6.07, 6.45) is -0.834. The number of hydrogen-bond donors (Lipinski definition) is 2. The molecule has 1 heterocycles. The van der Waals surface area contributed by atoms with Crippen molar-refractivity contribution in [2.24, 2.45) is 0 Å². The van der Waals surface area contributed by atoms with E-state index in [1.807, 2.05) is 0 Å². The van der Waals surface area contributed by atoms with E-state index in [0.29, 0.717) is 10.9 Å². The Balaban J connectivity index is 1.86. The number of hydrogen-bond acceptors (Lipinski definition) is 6. The Bertz CT molecular complexity index is 1170. The van der Waals surface area contributed by atoms with Crippen molar-refractivity contribution in [2.75, 3.05) is 7.05 Å². The topological polar surface area (TPSA) is 118 Å². The lowest BCUT2D eigenvalue weighted by atomic mass is 10.2. The maximum atomic E-state index is 12.4. The molecule has 1 atom stereocenters. The van der Waals surface area contributed by atoms with Gasteiger partial charge in [-0.2, -0.15) is 0 Å². The first-order valence-corrected chi connectivity index (χ1v) is 9.53. The molecule has 2 N–H and O–H groups in total. The van der Waals surface area contributed by atoms with Crippen molar-refractivity contribution in [3.63, 3.8) is 0 Å². The van der Waals surface area contributed by atoms with Gasteiger partial charge < -0.3 is 9.72 Å². The fraction of sp³-hybridized carbons (Fsp3) is 0.167. The minimum atomic E-state index is -3.68. The second kappa shape index (κ2) is 7.29. The molecule has 1 aromatic heterocycles. The first kappa shape index (κ1) is 18.7.